The number of nitrogens with one attached hydrogen (secondary N) is 1. The van der Waals surface area contributed by atoms with Crippen molar-refractivity contribution in [3.05, 3.63) is 24.2 Å². The minimum Gasteiger partial charge on any atom is -0.460 e. The third-order valence-electron chi connectivity index (χ3n) is 4.32. The maximum Gasteiger partial charge on any atom is 0.317 e. The van der Waals surface area contributed by atoms with Gasteiger partial charge in [0.15, 0.2) is 0 Å². The second-order valence-corrected chi connectivity index (χ2v) is 6.28. The van der Waals surface area contributed by atoms with Gasteiger partial charge in [-0.15, -0.1) is 12.6 Å². The fraction of sp³-hybridized carbons (Fsp3) is 0.600. The summed E-state index contributed by atoms with van der Waals surface area (Å²) >= 11 is 4.39. The van der Waals surface area contributed by atoms with Gasteiger partial charge in [0.05, 0.1) is 5.69 Å². The van der Waals surface area contributed by atoms with Crippen molar-refractivity contribution in [1.29, 1.82) is 0 Å². The lowest BCUT2D eigenvalue weighted by atomic mass is 9.62. The van der Waals surface area contributed by atoms with Crippen molar-refractivity contribution < 1.29 is 9.47 Å². The number of thiol groups is 1. The quantitative estimate of drug-likeness (QED) is 0.836. The summed E-state index contributed by atoms with van der Waals surface area (Å²) in [4.78, 5) is 9.36. The third-order valence-corrected chi connectivity index (χ3v) is 4.68. The zero-order valence-electron chi connectivity index (χ0n) is 12.2. The Morgan fingerprint density at radius 3 is 2.95 bits per heavy atom. The van der Waals surface area contributed by atoms with Crippen LogP contribution in [0.2, 0.25) is 0 Å². The molecule has 1 aliphatic carbocycles. The molecule has 5 nitrogen and oxygen atoms in total. The van der Waals surface area contributed by atoms with Gasteiger partial charge in [0.2, 0.25) is 0 Å². The Balaban J connectivity index is 1.59. The molecule has 2 fully saturated rings. The van der Waals surface area contributed by atoms with Gasteiger partial charge in [-0.05, 0) is 37.2 Å². The Morgan fingerprint density at radius 2 is 2.24 bits per heavy atom. The lowest BCUT2D eigenvalue weighted by Crippen LogP contribution is -2.47. The highest BCUT2D eigenvalue weighted by molar-refractivity contribution is 7.90. The molecule has 1 aromatic rings. The first kappa shape index (κ1) is 14.7. The minimum atomic E-state index is 0.231. The van der Waals surface area contributed by atoms with Crippen LogP contribution in [0.4, 0.5) is 0 Å². The largest absolute Gasteiger partial charge is 0.460 e. The van der Waals surface area contributed by atoms with Crippen molar-refractivity contribution in [2.75, 3.05) is 20.3 Å². The van der Waals surface area contributed by atoms with E-state index in [-0.39, 0.29) is 6.10 Å². The van der Waals surface area contributed by atoms with Gasteiger partial charge in [-0.3, -0.25) is 0 Å². The average Bonchev–Trinajstić information content (AvgIpc) is 2.47. The first-order valence-electron chi connectivity index (χ1n) is 7.35. The molecule has 1 N–H and O–H groups in total. The zero-order valence-corrected chi connectivity index (χ0v) is 13.1. The van der Waals surface area contributed by atoms with Crippen molar-refractivity contribution in [2.24, 2.45) is 5.41 Å². The Morgan fingerprint density at radius 1 is 1.48 bits per heavy atom. The summed E-state index contributed by atoms with van der Waals surface area (Å²) in [7, 11) is 1.83. The van der Waals surface area contributed by atoms with E-state index in [1.165, 1.54) is 0 Å². The van der Waals surface area contributed by atoms with E-state index in [1.807, 2.05) is 13.1 Å². The molecule has 0 radical (unpaired) electrons. The van der Waals surface area contributed by atoms with Gasteiger partial charge in [0, 0.05) is 37.6 Å². The predicted octanol–water partition coefficient (Wildman–Crippen LogP) is 2.26. The van der Waals surface area contributed by atoms with E-state index in [0.717, 1.165) is 49.5 Å². The molecule has 114 valence electrons. The lowest BCUT2D eigenvalue weighted by Gasteiger charge is -2.49. The van der Waals surface area contributed by atoms with Crippen molar-refractivity contribution in [3.63, 3.8) is 0 Å². The fourth-order valence-electron chi connectivity index (χ4n) is 3.10. The predicted molar refractivity (Wildman–Crippen MR) is 84.2 cm³/mol. The smallest absolute Gasteiger partial charge is 0.317 e. The lowest BCUT2D eigenvalue weighted by molar-refractivity contribution is -0.0880. The highest BCUT2D eigenvalue weighted by atomic mass is 32.1. The summed E-state index contributed by atoms with van der Waals surface area (Å²) < 4.78 is 11.3. The molecule has 1 aromatic heterocycles. The van der Waals surface area contributed by atoms with Gasteiger partial charge >= 0.3 is 6.01 Å². The van der Waals surface area contributed by atoms with Crippen LogP contribution in [0.1, 0.15) is 31.4 Å². The molecule has 2 heterocycles. The van der Waals surface area contributed by atoms with Gasteiger partial charge in [-0.1, -0.05) is 0 Å². The fourth-order valence-corrected chi connectivity index (χ4v) is 3.36. The molecule has 21 heavy (non-hydrogen) atoms. The van der Waals surface area contributed by atoms with Crippen LogP contribution >= 0.6 is 12.6 Å². The number of hydrogen-bond donors (Lipinski definition) is 2. The van der Waals surface area contributed by atoms with Crippen LogP contribution in [0.5, 0.6) is 6.01 Å². The molecule has 0 bridgehead atoms. The van der Waals surface area contributed by atoms with Gasteiger partial charge in [0.25, 0.3) is 0 Å². The first-order chi connectivity index (χ1) is 10.2. The molecule has 0 unspecified atom stereocenters. The first-order valence-corrected chi connectivity index (χ1v) is 7.80. The molecule has 6 heteroatoms. The van der Waals surface area contributed by atoms with Crippen molar-refractivity contribution in [1.82, 2.24) is 15.3 Å². The standard InChI is InChI=1S/C15H21N3O2S/c1-16-10-13(21)12-2-5-17-14(18-12)20-11-8-15(9-11)3-6-19-7-4-15/h2,5,10-11,16,21H,3-4,6-9H2,1H3/b13-10-. The van der Waals surface area contributed by atoms with Crippen LogP contribution in [0.25, 0.3) is 4.91 Å². The van der Waals surface area contributed by atoms with Crippen LogP contribution in [0.15, 0.2) is 18.5 Å². The minimum absolute atomic E-state index is 0.231. The summed E-state index contributed by atoms with van der Waals surface area (Å²) in [5, 5.41) is 2.94. The molecule has 1 spiro atoms. The molecular formula is C15H21N3O2S. The summed E-state index contributed by atoms with van der Waals surface area (Å²) in [5.74, 6) is 0. The second kappa shape index (κ2) is 6.23. The number of rotatable bonds is 4. The molecule has 1 saturated heterocycles. The molecule has 1 aliphatic heterocycles. The highest BCUT2D eigenvalue weighted by Gasteiger charge is 2.46. The maximum atomic E-state index is 5.90. The Hall–Kier alpha value is -1.27. The summed E-state index contributed by atoms with van der Waals surface area (Å²) in [6, 6.07) is 2.26. The Kier molecular flexibility index (Phi) is 4.35. The molecular weight excluding hydrogens is 286 g/mol. The van der Waals surface area contributed by atoms with E-state index in [9.17, 15) is 0 Å². The molecule has 3 rings (SSSR count). The van der Waals surface area contributed by atoms with Gasteiger partial charge < -0.3 is 14.8 Å². The van der Waals surface area contributed by atoms with Crippen LogP contribution in [-0.2, 0) is 4.74 Å². The molecule has 0 amide bonds. The van der Waals surface area contributed by atoms with Crippen molar-refractivity contribution in [3.8, 4) is 6.01 Å². The number of aromatic nitrogens is 2. The SMILES string of the molecule is CN/C=C(\S)c1ccnc(OC2CC3(CCOCC3)C2)n1. The van der Waals surface area contributed by atoms with Crippen molar-refractivity contribution in [2.45, 2.75) is 31.8 Å². The summed E-state index contributed by atoms with van der Waals surface area (Å²) in [6.07, 6.45) is 8.21. The monoisotopic (exact) mass is 307 g/mol. The molecule has 0 atom stereocenters. The van der Waals surface area contributed by atoms with Gasteiger partial charge in [-0.25, -0.2) is 4.98 Å². The normalized spacial score (nSPS) is 21.9. The van der Waals surface area contributed by atoms with Crippen LogP contribution in [0, 0.1) is 5.41 Å². The average molecular weight is 307 g/mol. The van der Waals surface area contributed by atoms with Crippen molar-refractivity contribution >= 4 is 17.5 Å². The summed E-state index contributed by atoms with van der Waals surface area (Å²) in [6.45, 7) is 1.77. The van der Waals surface area contributed by atoms with Gasteiger partial charge in [-0.2, -0.15) is 4.98 Å². The summed E-state index contributed by atoms with van der Waals surface area (Å²) in [5.41, 5.74) is 1.21. The number of nitrogens with zero attached hydrogens (tertiary/aromatic N) is 2. The van der Waals surface area contributed by atoms with Crippen LogP contribution in [-0.4, -0.2) is 36.3 Å². The topological polar surface area (TPSA) is 56.3 Å². The van der Waals surface area contributed by atoms with Crippen LogP contribution in [0.3, 0.4) is 0 Å². The van der Waals surface area contributed by atoms with Gasteiger partial charge in [0.1, 0.15) is 6.10 Å². The molecule has 0 aromatic carbocycles. The third kappa shape index (κ3) is 3.32. The van der Waals surface area contributed by atoms with E-state index in [0.29, 0.717) is 11.4 Å². The van der Waals surface area contributed by atoms with E-state index in [4.69, 9.17) is 9.47 Å². The Labute approximate surface area is 130 Å². The molecule has 1 saturated carbocycles. The van der Waals surface area contributed by atoms with E-state index in [1.54, 1.807) is 12.4 Å². The van der Waals surface area contributed by atoms with E-state index < -0.39 is 0 Å². The molecule has 2 aliphatic rings. The zero-order chi connectivity index (χ0) is 14.7. The number of hydrogen-bond acceptors (Lipinski definition) is 6. The van der Waals surface area contributed by atoms with E-state index in [2.05, 4.69) is 27.9 Å². The van der Waals surface area contributed by atoms with E-state index >= 15 is 0 Å². The van der Waals surface area contributed by atoms with Crippen LogP contribution < -0.4 is 10.1 Å². The number of ether oxygens (including phenoxy) is 2. The maximum absolute atomic E-state index is 5.90. The second-order valence-electron chi connectivity index (χ2n) is 5.80. The Bertz CT molecular complexity index is 521. The highest BCUT2D eigenvalue weighted by Crippen LogP contribution is 2.49.